The normalized spacial score (nSPS) is 15.1. The van der Waals surface area contributed by atoms with E-state index >= 15 is 0 Å². The summed E-state index contributed by atoms with van der Waals surface area (Å²) in [5, 5.41) is 0. The summed E-state index contributed by atoms with van der Waals surface area (Å²) in [5.41, 5.74) is 1.70. The van der Waals surface area contributed by atoms with E-state index < -0.39 is 10.0 Å². The molecule has 0 aliphatic carbocycles. The highest BCUT2D eigenvalue weighted by molar-refractivity contribution is 7.89. The third-order valence-electron chi connectivity index (χ3n) is 4.79. The number of rotatable bonds is 7. The minimum absolute atomic E-state index is 0.111. The van der Waals surface area contributed by atoms with Gasteiger partial charge in [-0.2, -0.15) is 4.31 Å². The molecule has 7 nitrogen and oxygen atoms in total. The van der Waals surface area contributed by atoms with E-state index in [0.29, 0.717) is 44.2 Å². The number of aryl methyl sites for hydroxylation is 1. The quantitative estimate of drug-likeness (QED) is 0.688. The maximum Gasteiger partial charge on any atom is 0.260 e. The summed E-state index contributed by atoms with van der Waals surface area (Å²) < 4.78 is 37.8. The fraction of sp³-hybridized carbons (Fsp3) is 0.381. The Balaban J connectivity index is 1.61. The van der Waals surface area contributed by atoms with Crippen LogP contribution in [0, 0.1) is 6.92 Å². The summed E-state index contributed by atoms with van der Waals surface area (Å²) in [5.74, 6) is 0.339. The molecule has 0 aromatic heterocycles. The summed E-state index contributed by atoms with van der Waals surface area (Å²) in [6, 6.07) is 14.4. The first-order valence-electron chi connectivity index (χ1n) is 9.47. The topological polar surface area (TPSA) is 76.1 Å². The zero-order valence-electron chi connectivity index (χ0n) is 16.7. The molecule has 8 heteroatoms. The first-order chi connectivity index (χ1) is 13.9. The number of hydrogen-bond acceptors (Lipinski definition) is 5. The minimum Gasteiger partial charge on any atom is -0.483 e. The molecule has 0 N–H and O–H groups in total. The smallest absolute Gasteiger partial charge is 0.260 e. The van der Waals surface area contributed by atoms with Crippen LogP contribution >= 0.6 is 0 Å². The molecular formula is C21H26N2O5S. The molecule has 0 bridgehead atoms. The van der Waals surface area contributed by atoms with Gasteiger partial charge in [0.05, 0.1) is 18.1 Å². The molecule has 3 rings (SSSR count). The van der Waals surface area contributed by atoms with E-state index in [-0.39, 0.29) is 17.4 Å². The van der Waals surface area contributed by atoms with Crippen LogP contribution in [0.25, 0.3) is 0 Å². The lowest BCUT2D eigenvalue weighted by atomic mass is 10.2. The van der Waals surface area contributed by atoms with E-state index in [1.165, 1.54) is 10.4 Å². The predicted octanol–water partition coefficient (Wildman–Crippen LogP) is 2.05. The van der Waals surface area contributed by atoms with Crippen molar-refractivity contribution < 1.29 is 22.7 Å². The monoisotopic (exact) mass is 418 g/mol. The Labute approximate surface area is 171 Å². The molecule has 1 heterocycles. The van der Waals surface area contributed by atoms with Gasteiger partial charge in [-0.1, -0.05) is 30.3 Å². The minimum atomic E-state index is -3.56. The fourth-order valence-corrected chi connectivity index (χ4v) is 4.57. The largest absolute Gasteiger partial charge is 0.483 e. The summed E-state index contributed by atoms with van der Waals surface area (Å²) in [7, 11) is -1.83. The van der Waals surface area contributed by atoms with Crippen molar-refractivity contribution in [2.45, 2.75) is 18.4 Å². The zero-order valence-corrected chi connectivity index (χ0v) is 17.5. The molecule has 156 valence electrons. The third kappa shape index (κ3) is 5.35. The molecule has 1 fully saturated rings. The van der Waals surface area contributed by atoms with Crippen LogP contribution in [0.4, 0.5) is 0 Å². The lowest BCUT2D eigenvalue weighted by molar-refractivity contribution is -0.132. The van der Waals surface area contributed by atoms with E-state index in [9.17, 15) is 13.2 Å². The average Bonchev–Trinajstić information content (AvgIpc) is 2.74. The highest BCUT2D eigenvalue weighted by Crippen LogP contribution is 2.24. The molecule has 0 unspecified atom stereocenters. The van der Waals surface area contributed by atoms with E-state index in [4.69, 9.17) is 9.47 Å². The molecule has 1 aliphatic rings. The second-order valence-corrected chi connectivity index (χ2v) is 8.91. The Kier molecular flexibility index (Phi) is 6.89. The number of amides is 1. The van der Waals surface area contributed by atoms with Crippen molar-refractivity contribution in [1.29, 1.82) is 0 Å². The molecule has 1 saturated heterocycles. The zero-order chi connectivity index (χ0) is 20.9. The molecule has 1 amide bonds. The SMILES string of the molecule is Cc1cc(S(=O)(=O)N2CCOCC2)ccc1OCC(=O)N(C)Cc1ccccc1. The van der Waals surface area contributed by atoms with Gasteiger partial charge in [0.2, 0.25) is 10.0 Å². The second kappa shape index (κ2) is 9.39. The molecule has 0 atom stereocenters. The van der Waals surface area contributed by atoms with Crippen molar-refractivity contribution in [3.05, 3.63) is 59.7 Å². The van der Waals surface area contributed by atoms with Gasteiger partial charge in [-0.3, -0.25) is 4.79 Å². The third-order valence-corrected chi connectivity index (χ3v) is 6.69. The Morgan fingerprint density at radius 1 is 1.14 bits per heavy atom. The van der Waals surface area contributed by atoms with E-state index in [1.807, 2.05) is 30.3 Å². The van der Waals surface area contributed by atoms with Crippen LogP contribution in [0.15, 0.2) is 53.4 Å². The number of morpholine rings is 1. The summed E-state index contributed by atoms with van der Waals surface area (Å²) >= 11 is 0. The number of nitrogens with zero attached hydrogens (tertiary/aromatic N) is 2. The van der Waals surface area contributed by atoms with Crippen molar-refractivity contribution in [2.75, 3.05) is 40.0 Å². The number of sulfonamides is 1. The number of carbonyl (C=O) groups is 1. The first-order valence-corrected chi connectivity index (χ1v) is 10.9. The summed E-state index contributed by atoms with van der Waals surface area (Å²) in [6.07, 6.45) is 0. The predicted molar refractivity (Wildman–Crippen MR) is 109 cm³/mol. The molecule has 29 heavy (non-hydrogen) atoms. The van der Waals surface area contributed by atoms with Gasteiger partial charge in [0.1, 0.15) is 5.75 Å². The first kappa shape index (κ1) is 21.3. The number of ether oxygens (including phenoxy) is 2. The van der Waals surface area contributed by atoms with Crippen LogP contribution in [0.1, 0.15) is 11.1 Å². The molecule has 0 radical (unpaired) electrons. The second-order valence-electron chi connectivity index (χ2n) is 6.97. The van der Waals surface area contributed by atoms with E-state index in [0.717, 1.165) is 5.56 Å². The molecular weight excluding hydrogens is 392 g/mol. The van der Waals surface area contributed by atoms with Crippen LogP contribution < -0.4 is 4.74 Å². The Bertz CT molecular complexity index is 941. The van der Waals surface area contributed by atoms with Crippen molar-refractivity contribution in [3.8, 4) is 5.75 Å². The standard InChI is InChI=1S/C21H26N2O5S/c1-17-14-19(29(25,26)23-10-12-27-13-11-23)8-9-20(17)28-16-21(24)22(2)15-18-6-4-3-5-7-18/h3-9,14H,10-13,15-16H2,1-2H3. The van der Waals surface area contributed by atoms with Gasteiger partial charge >= 0.3 is 0 Å². The summed E-state index contributed by atoms with van der Waals surface area (Å²) in [4.78, 5) is 14.2. The molecule has 0 spiro atoms. The van der Waals surface area contributed by atoms with Crippen molar-refractivity contribution >= 4 is 15.9 Å². The molecule has 2 aromatic carbocycles. The van der Waals surface area contributed by atoms with Crippen molar-refractivity contribution in [3.63, 3.8) is 0 Å². The van der Waals surface area contributed by atoms with Crippen LogP contribution in [0.5, 0.6) is 5.75 Å². The van der Waals surface area contributed by atoms with Crippen LogP contribution in [0.2, 0.25) is 0 Å². The number of benzene rings is 2. The number of likely N-dealkylation sites (N-methyl/N-ethyl adjacent to an activating group) is 1. The maximum absolute atomic E-state index is 12.7. The van der Waals surface area contributed by atoms with Gasteiger partial charge < -0.3 is 14.4 Å². The van der Waals surface area contributed by atoms with E-state index in [1.54, 1.807) is 31.0 Å². The van der Waals surface area contributed by atoms with Crippen molar-refractivity contribution in [2.24, 2.45) is 0 Å². The van der Waals surface area contributed by atoms with Gasteiger partial charge in [0, 0.05) is 26.7 Å². The maximum atomic E-state index is 12.7. The van der Waals surface area contributed by atoms with Crippen molar-refractivity contribution in [1.82, 2.24) is 9.21 Å². The van der Waals surface area contributed by atoms with Gasteiger partial charge in [-0.15, -0.1) is 0 Å². The number of carbonyl (C=O) groups excluding carboxylic acids is 1. The highest BCUT2D eigenvalue weighted by atomic mass is 32.2. The highest BCUT2D eigenvalue weighted by Gasteiger charge is 2.26. The van der Waals surface area contributed by atoms with Gasteiger partial charge in [-0.05, 0) is 36.2 Å². The van der Waals surface area contributed by atoms with Gasteiger partial charge in [0.15, 0.2) is 6.61 Å². The van der Waals surface area contributed by atoms with Crippen LogP contribution in [0.3, 0.4) is 0 Å². The lowest BCUT2D eigenvalue weighted by Crippen LogP contribution is -2.40. The fourth-order valence-electron chi connectivity index (χ4n) is 3.08. The summed E-state index contributed by atoms with van der Waals surface area (Å²) in [6.45, 7) is 3.66. The van der Waals surface area contributed by atoms with Gasteiger partial charge in [0.25, 0.3) is 5.91 Å². The van der Waals surface area contributed by atoms with E-state index in [2.05, 4.69) is 0 Å². The van der Waals surface area contributed by atoms with Crippen LogP contribution in [-0.2, 0) is 26.1 Å². The van der Waals surface area contributed by atoms with Gasteiger partial charge in [-0.25, -0.2) is 8.42 Å². The molecule has 0 saturated carbocycles. The van der Waals surface area contributed by atoms with Crippen LogP contribution in [-0.4, -0.2) is 63.5 Å². The average molecular weight is 419 g/mol. The molecule has 2 aromatic rings. The number of hydrogen-bond donors (Lipinski definition) is 0. The Hall–Kier alpha value is -2.42. The Morgan fingerprint density at radius 2 is 1.83 bits per heavy atom. The lowest BCUT2D eigenvalue weighted by Gasteiger charge is -2.26. The molecule has 1 aliphatic heterocycles. The Morgan fingerprint density at radius 3 is 2.48 bits per heavy atom.